The SMILES string of the molecule is Cn1cnc2ccc(C=CC(=O)Nc3ccccc3C(=O)O)cc21. The highest BCUT2D eigenvalue weighted by atomic mass is 16.4. The summed E-state index contributed by atoms with van der Waals surface area (Å²) in [6, 6.07) is 11.9. The van der Waals surface area contributed by atoms with Crippen LogP contribution >= 0.6 is 0 Å². The van der Waals surface area contributed by atoms with E-state index < -0.39 is 11.9 Å². The van der Waals surface area contributed by atoms with Crippen molar-refractivity contribution in [1.82, 2.24) is 9.55 Å². The van der Waals surface area contributed by atoms with E-state index in [2.05, 4.69) is 10.3 Å². The van der Waals surface area contributed by atoms with E-state index in [1.807, 2.05) is 29.8 Å². The first-order chi connectivity index (χ1) is 11.5. The summed E-state index contributed by atoms with van der Waals surface area (Å²) in [6.07, 6.45) is 4.77. The van der Waals surface area contributed by atoms with Crippen molar-refractivity contribution in [3.8, 4) is 0 Å². The third kappa shape index (κ3) is 3.17. The number of imidazole rings is 1. The Balaban J connectivity index is 1.77. The van der Waals surface area contributed by atoms with Gasteiger partial charge in [0.05, 0.1) is 28.6 Å². The predicted molar refractivity (Wildman–Crippen MR) is 91.8 cm³/mol. The molecule has 0 spiro atoms. The van der Waals surface area contributed by atoms with Crippen LogP contribution < -0.4 is 5.32 Å². The number of fused-ring (bicyclic) bond motifs is 1. The van der Waals surface area contributed by atoms with Crippen LogP contribution in [0.3, 0.4) is 0 Å². The second-order valence-electron chi connectivity index (χ2n) is 5.28. The molecule has 0 unspecified atom stereocenters. The topological polar surface area (TPSA) is 84.2 Å². The number of anilines is 1. The zero-order valence-corrected chi connectivity index (χ0v) is 12.9. The number of hydrogen-bond acceptors (Lipinski definition) is 3. The largest absolute Gasteiger partial charge is 0.478 e. The van der Waals surface area contributed by atoms with E-state index in [0.29, 0.717) is 0 Å². The number of nitrogens with one attached hydrogen (secondary N) is 1. The number of para-hydroxylation sites is 1. The summed E-state index contributed by atoms with van der Waals surface area (Å²) in [4.78, 5) is 27.4. The molecule has 0 bridgehead atoms. The first kappa shape index (κ1) is 15.5. The average Bonchev–Trinajstić information content (AvgIpc) is 2.94. The number of carbonyl (C=O) groups excluding carboxylic acids is 1. The quantitative estimate of drug-likeness (QED) is 0.724. The lowest BCUT2D eigenvalue weighted by atomic mass is 10.1. The summed E-state index contributed by atoms with van der Waals surface area (Å²) in [6.45, 7) is 0. The Hall–Kier alpha value is -3.41. The molecular formula is C18H15N3O3. The maximum absolute atomic E-state index is 12.0. The molecule has 0 fully saturated rings. The Labute approximate surface area is 138 Å². The number of carbonyl (C=O) groups is 2. The smallest absolute Gasteiger partial charge is 0.337 e. The van der Waals surface area contributed by atoms with Crippen LogP contribution in [0.15, 0.2) is 54.9 Å². The Morgan fingerprint density at radius 3 is 2.79 bits per heavy atom. The van der Waals surface area contributed by atoms with Crippen LogP contribution in [0.1, 0.15) is 15.9 Å². The van der Waals surface area contributed by atoms with Crippen molar-refractivity contribution in [2.24, 2.45) is 7.05 Å². The Morgan fingerprint density at radius 1 is 1.21 bits per heavy atom. The molecule has 6 heteroatoms. The van der Waals surface area contributed by atoms with Gasteiger partial charge in [-0.05, 0) is 35.9 Å². The minimum absolute atomic E-state index is 0.0514. The molecule has 3 rings (SSSR count). The predicted octanol–water partition coefficient (Wildman–Crippen LogP) is 2.92. The van der Waals surface area contributed by atoms with E-state index in [4.69, 9.17) is 5.11 Å². The maximum atomic E-state index is 12.0. The molecule has 1 amide bonds. The van der Waals surface area contributed by atoms with Crippen molar-refractivity contribution < 1.29 is 14.7 Å². The standard InChI is InChI=1S/C18H15N3O3/c1-21-11-19-15-8-6-12(10-16(15)21)7-9-17(22)20-14-5-3-2-4-13(14)18(23)24/h2-11H,1H3,(H,20,22)(H,23,24). The summed E-state index contributed by atoms with van der Waals surface area (Å²) in [5, 5.41) is 11.7. The van der Waals surface area contributed by atoms with Crippen LogP contribution in [-0.4, -0.2) is 26.5 Å². The number of aryl methyl sites for hydroxylation is 1. The lowest BCUT2D eigenvalue weighted by molar-refractivity contribution is -0.111. The molecule has 2 N–H and O–H groups in total. The molecule has 6 nitrogen and oxygen atoms in total. The van der Waals surface area contributed by atoms with Crippen molar-refractivity contribution in [2.45, 2.75) is 0 Å². The number of aromatic nitrogens is 2. The zero-order valence-electron chi connectivity index (χ0n) is 12.9. The van der Waals surface area contributed by atoms with Gasteiger partial charge in [-0.3, -0.25) is 4.79 Å². The van der Waals surface area contributed by atoms with Gasteiger partial charge in [-0.2, -0.15) is 0 Å². The van der Waals surface area contributed by atoms with E-state index in [9.17, 15) is 9.59 Å². The number of rotatable bonds is 4. The molecule has 120 valence electrons. The maximum Gasteiger partial charge on any atom is 0.337 e. The Kier molecular flexibility index (Phi) is 4.11. The number of carboxylic acid groups (broad SMARTS) is 1. The van der Waals surface area contributed by atoms with Crippen molar-refractivity contribution in [3.05, 3.63) is 66.0 Å². The van der Waals surface area contributed by atoms with Gasteiger partial charge < -0.3 is 15.0 Å². The minimum atomic E-state index is -1.09. The molecule has 3 aromatic rings. The van der Waals surface area contributed by atoms with Crippen molar-refractivity contribution in [3.63, 3.8) is 0 Å². The number of nitrogens with zero attached hydrogens (tertiary/aromatic N) is 2. The molecule has 2 aromatic carbocycles. The lowest BCUT2D eigenvalue weighted by Gasteiger charge is -2.05. The van der Waals surface area contributed by atoms with Gasteiger partial charge in [0, 0.05) is 13.1 Å². The highest BCUT2D eigenvalue weighted by Gasteiger charge is 2.10. The molecule has 0 aliphatic carbocycles. The Morgan fingerprint density at radius 2 is 2.00 bits per heavy atom. The number of hydrogen-bond donors (Lipinski definition) is 2. The van der Waals surface area contributed by atoms with Crippen LogP contribution in [0.2, 0.25) is 0 Å². The first-order valence-electron chi connectivity index (χ1n) is 7.27. The molecule has 0 saturated carbocycles. The fourth-order valence-electron chi connectivity index (χ4n) is 2.37. The molecule has 0 aliphatic heterocycles. The fraction of sp³-hybridized carbons (Fsp3) is 0.0556. The number of carboxylic acids is 1. The summed E-state index contributed by atoms with van der Waals surface area (Å²) in [5.41, 5.74) is 3.02. The molecule has 0 radical (unpaired) electrons. The van der Waals surface area contributed by atoms with E-state index >= 15 is 0 Å². The van der Waals surface area contributed by atoms with Gasteiger partial charge in [0.15, 0.2) is 0 Å². The molecule has 1 heterocycles. The normalized spacial score (nSPS) is 11.0. The third-order valence-corrected chi connectivity index (χ3v) is 3.59. The molecule has 0 atom stereocenters. The first-order valence-corrected chi connectivity index (χ1v) is 7.27. The van der Waals surface area contributed by atoms with E-state index in [1.165, 1.54) is 12.1 Å². The van der Waals surface area contributed by atoms with Gasteiger partial charge >= 0.3 is 5.97 Å². The van der Waals surface area contributed by atoms with E-state index in [0.717, 1.165) is 16.6 Å². The van der Waals surface area contributed by atoms with Crippen LogP contribution in [-0.2, 0) is 11.8 Å². The van der Waals surface area contributed by atoms with Gasteiger partial charge in [0.25, 0.3) is 0 Å². The Bertz CT molecular complexity index is 957. The molecular weight excluding hydrogens is 306 g/mol. The van der Waals surface area contributed by atoms with Crippen LogP contribution in [0.4, 0.5) is 5.69 Å². The van der Waals surface area contributed by atoms with E-state index in [1.54, 1.807) is 30.6 Å². The second kappa shape index (κ2) is 6.37. The monoisotopic (exact) mass is 321 g/mol. The second-order valence-corrected chi connectivity index (χ2v) is 5.28. The molecule has 0 saturated heterocycles. The van der Waals surface area contributed by atoms with Crippen molar-refractivity contribution in [2.75, 3.05) is 5.32 Å². The van der Waals surface area contributed by atoms with Crippen molar-refractivity contribution in [1.29, 1.82) is 0 Å². The van der Waals surface area contributed by atoms with Crippen LogP contribution in [0.25, 0.3) is 17.1 Å². The van der Waals surface area contributed by atoms with Crippen LogP contribution in [0.5, 0.6) is 0 Å². The molecule has 24 heavy (non-hydrogen) atoms. The number of benzene rings is 2. The van der Waals surface area contributed by atoms with E-state index in [-0.39, 0.29) is 11.3 Å². The highest BCUT2D eigenvalue weighted by Crippen LogP contribution is 2.16. The summed E-state index contributed by atoms with van der Waals surface area (Å²) < 4.78 is 1.90. The number of amides is 1. The number of aromatic carboxylic acids is 1. The highest BCUT2D eigenvalue weighted by molar-refractivity contribution is 6.06. The molecule has 0 aliphatic rings. The van der Waals surface area contributed by atoms with Gasteiger partial charge in [0.2, 0.25) is 5.91 Å². The summed E-state index contributed by atoms with van der Waals surface area (Å²) >= 11 is 0. The van der Waals surface area contributed by atoms with Crippen molar-refractivity contribution >= 4 is 34.7 Å². The third-order valence-electron chi connectivity index (χ3n) is 3.59. The average molecular weight is 321 g/mol. The summed E-state index contributed by atoms with van der Waals surface area (Å²) in [7, 11) is 1.90. The lowest BCUT2D eigenvalue weighted by Crippen LogP contribution is -2.11. The van der Waals surface area contributed by atoms with Crippen LogP contribution in [0, 0.1) is 0 Å². The van der Waals surface area contributed by atoms with Gasteiger partial charge in [0.1, 0.15) is 0 Å². The fourth-order valence-corrected chi connectivity index (χ4v) is 2.37. The van der Waals surface area contributed by atoms with Gasteiger partial charge in [-0.25, -0.2) is 9.78 Å². The molecule has 1 aromatic heterocycles. The summed E-state index contributed by atoms with van der Waals surface area (Å²) in [5.74, 6) is -1.48. The minimum Gasteiger partial charge on any atom is -0.478 e. The van der Waals surface area contributed by atoms with Gasteiger partial charge in [-0.1, -0.05) is 18.2 Å². The zero-order chi connectivity index (χ0) is 17.1. The van der Waals surface area contributed by atoms with Gasteiger partial charge in [-0.15, -0.1) is 0 Å².